The minimum Gasteiger partial charge on any atom is -0.497 e. The van der Waals surface area contributed by atoms with E-state index >= 15 is 0 Å². The molecule has 0 saturated heterocycles. The number of nitrogens with two attached hydrogens (primary N) is 1. The Bertz CT molecular complexity index is 274. The highest BCUT2D eigenvalue weighted by Crippen LogP contribution is 2.10. The van der Waals surface area contributed by atoms with Crippen LogP contribution in [-0.2, 0) is 6.54 Å². The van der Waals surface area contributed by atoms with Gasteiger partial charge >= 0.3 is 0 Å². The number of benzene rings is 1. The molecule has 0 aliphatic rings. The van der Waals surface area contributed by atoms with Crippen LogP contribution < -0.4 is 15.8 Å². The zero-order valence-corrected chi connectivity index (χ0v) is 8.94. The van der Waals surface area contributed by atoms with Gasteiger partial charge in [-0.05, 0) is 17.7 Å². The molecule has 0 spiro atoms. The lowest BCUT2D eigenvalue weighted by atomic mass is 10.2. The van der Waals surface area contributed by atoms with Crippen molar-refractivity contribution in [2.45, 2.75) is 12.6 Å². The third-order valence-electron chi connectivity index (χ3n) is 2.13. The molecule has 0 aliphatic heterocycles. The summed E-state index contributed by atoms with van der Waals surface area (Å²) < 4.78 is 5.06. The summed E-state index contributed by atoms with van der Waals surface area (Å²) >= 11 is 0. The lowest BCUT2D eigenvalue weighted by Crippen LogP contribution is -2.36. The molecule has 0 radical (unpaired) electrons. The van der Waals surface area contributed by atoms with Crippen molar-refractivity contribution in [3.05, 3.63) is 29.8 Å². The molecule has 4 heteroatoms. The zero-order valence-electron chi connectivity index (χ0n) is 8.94. The van der Waals surface area contributed by atoms with E-state index in [9.17, 15) is 0 Å². The molecule has 0 amide bonds. The lowest BCUT2D eigenvalue weighted by Gasteiger charge is -2.09. The van der Waals surface area contributed by atoms with Crippen molar-refractivity contribution in [1.82, 2.24) is 5.32 Å². The summed E-state index contributed by atoms with van der Waals surface area (Å²) in [4.78, 5) is 0. The van der Waals surface area contributed by atoms with E-state index in [0.717, 1.165) is 12.3 Å². The maximum atomic E-state index is 8.72. The molecule has 1 rings (SSSR count). The Morgan fingerprint density at radius 2 is 2.07 bits per heavy atom. The fourth-order valence-electron chi connectivity index (χ4n) is 1.21. The summed E-state index contributed by atoms with van der Waals surface area (Å²) in [5.41, 5.74) is 6.72. The summed E-state index contributed by atoms with van der Waals surface area (Å²) in [7, 11) is 1.65. The van der Waals surface area contributed by atoms with Crippen molar-refractivity contribution in [2.24, 2.45) is 5.73 Å². The van der Waals surface area contributed by atoms with Gasteiger partial charge in [-0.3, -0.25) is 0 Å². The summed E-state index contributed by atoms with van der Waals surface area (Å²) in [6, 6.07) is 7.64. The third-order valence-corrected chi connectivity index (χ3v) is 2.13. The van der Waals surface area contributed by atoms with Crippen LogP contribution in [0.3, 0.4) is 0 Å². The molecule has 4 N–H and O–H groups in total. The van der Waals surface area contributed by atoms with Gasteiger partial charge in [-0.25, -0.2) is 0 Å². The van der Waals surface area contributed by atoms with Crippen molar-refractivity contribution >= 4 is 0 Å². The first-order chi connectivity index (χ1) is 7.26. The van der Waals surface area contributed by atoms with E-state index in [1.807, 2.05) is 24.3 Å². The molecule has 1 aromatic carbocycles. The average molecular weight is 210 g/mol. The minimum atomic E-state index is -0.191. The maximum Gasteiger partial charge on any atom is 0.118 e. The first-order valence-corrected chi connectivity index (χ1v) is 4.96. The number of aliphatic hydroxyl groups excluding tert-OH is 1. The predicted molar refractivity (Wildman–Crippen MR) is 59.8 cm³/mol. The van der Waals surface area contributed by atoms with Crippen LogP contribution in [0.2, 0.25) is 0 Å². The van der Waals surface area contributed by atoms with Gasteiger partial charge in [0.15, 0.2) is 0 Å². The molecule has 0 saturated carbocycles. The van der Waals surface area contributed by atoms with Crippen molar-refractivity contribution < 1.29 is 9.84 Å². The predicted octanol–water partition coefficient (Wildman–Crippen LogP) is 0.104. The first kappa shape index (κ1) is 12.0. The van der Waals surface area contributed by atoms with Gasteiger partial charge in [-0.2, -0.15) is 0 Å². The van der Waals surface area contributed by atoms with E-state index in [0.29, 0.717) is 6.54 Å². The van der Waals surface area contributed by atoms with Crippen molar-refractivity contribution in [1.29, 1.82) is 0 Å². The molecule has 0 heterocycles. The molecular formula is C11H18N2O2. The van der Waals surface area contributed by atoms with E-state index in [1.165, 1.54) is 5.56 Å². The Morgan fingerprint density at radius 1 is 1.40 bits per heavy atom. The summed E-state index contributed by atoms with van der Waals surface area (Å²) in [5, 5.41) is 11.9. The van der Waals surface area contributed by atoms with Gasteiger partial charge in [0.05, 0.1) is 13.7 Å². The molecule has 1 atom stereocenters. The lowest BCUT2D eigenvalue weighted by molar-refractivity contribution is 0.262. The number of rotatable bonds is 6. The van der Waals surface area contributed by atoms with Crippen molar-refractivity contribution in [3.63, 3.8) is 0 Å². The Kier molecular flexibility index (Phi) is 5.10. The molecule has 15 heavy (non-hydrogen) atoms. The highest BCUT2D eigenvalue weighted by molar-refractivity contribution is 5.26. The average Bonchev–Trinajstić information content (AvgIpc) is 2.29. The van der Waals surface area contributed by atoms with Crippen LogP contribution in [0, 0.1) is 0 Å². The highest BCUT2D eigenvalue weighted by Gasteiger charge is 1.99. The highest BCUT2D eigenvalue weighted by atomic mass is 16.5. The summed E-state index contributed by atoms with van der Waals surface area (Å²) in [6.45, 7) is 1.37. The summed E-state index contributed by atoms with van der Waals surface area (Å²) in [6.07, 6.45) is 0. The molecule has 0 bridgehead atoms. The van der Waals surface area contributed by atoms with Crippen LogP contribution in [0.4, 0.5) is 0 Å². The third kappa shape index (κ3) is 4.29. The molecule has 84 valence electrons. The van der Waals surface area contributed by atoms with Gasteiger partial charge in [0.1, 0.15) is 5.75 Å². The minimum absolute atomic E-state index is 0.00954. The molecule has 0 fully saturated rings. The van der Waals surface area contributed by atoms with Gasteiger partial charge in [0, 0.05) is 19.1 Å². The van der Waals surface area contributed by atoms with Crippen molar-refractivity contribution in [3.8, 4) is 5.75 Å². The summed E-state index contributed by atoms with van der Waals surface area (Å²) in [5.74, 6) is 0.853. The quantitative estimate of drug-likeness (QED) is 0.623. The zero-order chi connectivity index (χ0) is 11.1. The van der Waals surface area contributed by atoms with Crippen molar-refractivity contribution in [2.75, 3.05) is 20.3 Å². The standard InChI is InChI=1S/C11H18N2O2/c1-15-11-4-2-9(3-5-11)6-13-7-10(12)8-14/h2-5,10,13-14H,6-8,12H2,1H3. The molecular weight excluding hydrogens is 192 g/mol. The fraction of sp³-hybridized carbons (Fsp3) is 0.455. The van der Waals surface area contributed by atoms with Gasteiger partial charge in [0.25, 0.3) is 0 Å². The fourth-order valence-corrected chi connectivity index (χ4v) is 1.21. The Hall–Kier alpha value is -1.10. The number of nitrogens with one attached hydrogen (secondary N) is 1. The number of ether oxygens (including phenoxy) is 1. The Labute approximate surface area is 90.1 Å². The van der Waals surface area contributed by atoms with Crippen LogP contribution in [-0.4, -0.2) is 31.4 Å². The van der Waals surface area contributed by atoms with E-state index in [-0.39, 0.29) is 12.6 Å². The Balaban J connectivity index is 2.31. The smallest absolute Gasteiger partial charge is 0.118 e. The Morgan fingerprint density at radius 3 is 2.60 bits per heavy atom. The van der Waals surface area contributed by atoms with Crippen LogP contribution >= 0.6 is 0 Å². The van der Waals surface area contributed by atoms with Gasteiger partial charge in [0.2, 0.25) is 0 Å². The van der Waals surface area contributed by atoms with E-state index < -0.39 is 0 Å². The van der Waals surface area contributed by atoms with Crippen LogP contribution in [0.15, 0.2) is 24.3 Å². The maximum absolute atomic E-state index is 8.72. The van der Waals surface area contributed by atoms with Gasteiger partial charge in [-0.15, -0.1) is 0 Å². The van der Waals surface area contributed by atoms with Crippen LogP contribution in [0.1, 0.15) is 5.56 Å². The molecule has 1 unspecified atom stereocenters. The number of methoxy groups -OCH3 is 1. The second-order valence-electron chi connectivity index (χ2n) is 3.42. The molecule has 0 aliphatic carbocycles. The van der Waals surface area contributed by atoms with Gasteiger partial charge < -0.3 is 20.9 Å². The normalized spacial score (nSPS) is 12.5. The van der Waals surface area contributed by atoms with Crippen LogP contribution in [0.25, 0.3) is 0 Å². The van der Waals surface area contributed by atoms with Gasteiger partial charge in [-0.1, -0.05) is 12.1 Å². The second-order valence-corrected chi connectivity index (χ2v) is 3.42. The first-order valence-electron chi connectivity index (χ1n) is 4.96. The van der Waals surface area contributed by atoms with Crippen LogP contribution in [0.5, 0.6) is 5.75 Å². The molecule has 1 aromatic rings. The van der Waals surface area contributed by atoms with E-state index in [2.05, 4.69) is 5.32 Å². The monoisotopic (exact) mass is 210 g/mol. The number of aliphatic hydroxyl groups is 1. The topological polar surface area (TPSA) is 67.5 Å². The molecule has 0 aromatic heterocycles. The number of hydrogen-bond acceptors (Lipinski definition) is 4. The molecule has 4 nitrogen and oxygen atoms in total. The number of hydrogen-bond donors (Lipinski definition) is 3. The SMILES string of the molecule is COc1ccc(CNCC(N)CO)cc1. The van der Waals surface area contributed by atoms with E-state index in [4.69, 9.17) is 15.6 Å². The second kappa shape index (κ2) is 6.40. The van der Waals surface area contributed by atoms with E-state index in [1.54, 1.807) is 7.11 Å². The largest absolute Gasteiger partial charge is 0.497 e.